The third-order valence-corrected chi connectivity index (χ3v) is 4.62. The molecular formula is C15H13F3N2O2S. The van der Waals surface area contributed by atoms with Gasteiger partial charge in [0.1, 0.15) is 10.8 Å². The Kier molecular flexibility index (Phi) is 4.01. The fourth-order valence-electron chi connectivity index (χ4n) is 2.69. The van der Waals surface area contributed by atoms with Crippen LogP contribution in [-0.4, -0.2) is 33.6 Å². The third kappa shape index (κ3) is 3.17. The minimum absolute atomic E-state index is 0.0853. The number of rotatable bonds is 2. The van der Waals surface area contributed by atoms with Gasteiger partial charge in [0.05, 0.1) is 11.7 Å². The molecule has 2 heterocycles. The number of hydrogen-bond acceptors (Lipinski definition) is 4. The minimum atomic E-state index is -4.87. The number of benzene rings is 1. The number of aromatic hydroxyl groups is 1. The average Bonchev–Trinajstić information content (AvgIpc) is 3.14. The lowest BCUT2D eigenvalue weighted by Crippen LogP contribution is -2.40. The highest BCUT2D eigenvalue weighted by Gasteiger charge is 2.46. The maximum Gasteiger partial charge on any atom is 0.471 e. The standard InChI is InChI=1S/C15H13F3N2O2S/c16-15(17,18)14(22)20-6-2-5-12(20)11-8-23-13(19-11)9-3-1-4-10(21)7-9/h1,3-4,7-8,12,21H,2,5-6H2. The van der Waals surface area contributed by atoms with E-state index in [1.807, 2.05) is 0 Å². The highest BCUT2D eigenvalue weighted by atomic mass is 32.1. The molecule has 1 fully saturated rings. The number of likely N-dealkylation sites (tertiary alicyclic amines) is 1. The molecule has 1 unspecified atom stereocenters. The Balaban J connectivity index is 1.86. The van der Waals surface area contributed by atoms with Crippen LogP contribution in [0.5, 0.6) is 5.75 Å². The first kappa shape index (κ1) is 15.8. The smallest absolute Gasteiger partial charge is 0.471 e. The van der Waals surface area contributed by atoms with Crippen molar-refractivity contribution in [2.75, 3.05) is 6.54 Å². The molecule has 1 N–H and O–H groups in total. The van der Waals surface area contributed by atoms with Crippen molar-refractivity contribution >= 4 is 17.2 Å². The van der Waals surface area contributed by atoms with Gasteiger partial charge < -0.3 is 10.0 Å². The van der Waals surface area contributed by atoms with Gasteiger partial charge in [0.25, 0.3) is 0 Å². The molecule has 3 rings (SSSR count). The molecule has 0 saturated carbocycles. The molecule has 1 aliphatic heterocycles. The Bertz CT molecular complexity index is 730. The predicted octanol–water partition coefficient (Wildman–Crippen LogP) is 3.74. The zero-order chi connectivity index (χ0) is 16.6. The summed E-state index contributed by atoms with van der Waals surface area (Å²) in [6, 6.07) is 5.84. The van der Waals surface area contributed by atoms with Crippen LogP contribution in [0.15, 0.2) is 29.6 Å². The van der Waals surface area contributed by atoms with E-state index in [1.54, 1.807) is 17.5 Å². The molecule has 2 aromatic rings. The van der Waals surface area contributed by atoms with Crippen LogP contribution in [0.1, 0.15) is 24.6 Å². The molecule has 0 bridgehead atoms. The quantitative estimate of drug-likeness (QED) is 0.904. The van der Waals surface area contributed by atoms with Crippen LogP contribution in [0.3, 0.4) is 0 Å². The summed E-state index contributed by atoms with van der Waals surface area (Å²) in [7, 11) is 0. The average molecular weight is 342 g/mol. The Morgan fingerprint density at radius 1 is 1.39 bits per heavy atom. The van der Waals surface area contributed by atoms with Crippen LogP contribution < -0.4 is 0 Å². The molecule has 1 saturated heterocycles. The van der Waals surface area contributed by atoms with Crippen molar-refractivity contribution in [1.29, 1.82) is 0 Å². The molecule has 23 heavy (non-hydrogen) atoms. The summed E-state index contributed by atoms with van der Waals surface area (Å²) in [6.45, 7) is 0.0853. The lowest BCUT2D eigenvalue weighted by atomic mass is 10.1. The van der Waals surface area contributed by atoms with E-state index in [0.717, 1.165) is 4.90 Å². The number of thiazole rings is 1. The number of amides is 1. The van der Waals surface area contributed by atoms with E-state index >= 15 is 0 Å². The number of carbonyl (C=O) groups excluding carboxylic acids is 1. The summed E-state index contributed by atoms with van der Waals surface area (Å²) in [4.78, 5) is 16.7. The molecule has 122 valence electrons. The number of phenolic OH excluding ortho intramolecular Hbond substituents is 1. The first-order valence-corrected chi connectivity index (χ1v) is 7.87. The lowest BCUT2D eigenvalue weighted by Gasteiger charge is -2.24. The highest BCUT2D eigenvalue weighted by molar-refractivity contribution is 7.13. The van der Waals surface area contributed by atoms with Crippen molar-refractivity contribution < 1.29 is 23.1 Å². The Hall–Kier alpha value is -2.09. The van der Waals surface area contributed by atoms with E-state index in [-0.39, 0.29) is 12.3 Å². The summed E-state index contributed by atoms with van der Waals surface area (Å²) >= 11 is 1.28. The van der Waals surface area contributed by atoms with Crippen molar-refractivity contribution in [2.24, 2.45) is 0 Å². The highest BCUT2D eigenvalue weighted by Crippen LogP contribution is 2.37. The molecule has 1 amide bonds. The zero-order valence-electron chi connectivity index (χ0n) is 11.9. The molecular weight excluding hydrogens is 329 g/mol. The second kappa shape index (κ2) is 5.84. The Labute approximate surface area is 134 Å². The SMILES string of the molecule is O=C(N1CCCC1c1csc(-c2cccc(O)c2)n1)C(F)(F)F. The van der Waals surface area contributed by atoms with Crippen molar-refractivity contribution in [3.63, 3.8) is 0 Å². The van der Waals surface area contributed by atoms with Crippen molar-refractivity contribution in [1.82, 2.24) is 9.88 Å². The van der Waals surface area contributed by atoms with Crippen molar-refractivity contribution in [3.05, 3.63) is 35.3 Å². The second-order valence-corrected chi connectivity index (χ2v) is 6.14. The minimum Gasteiger partial charge on any atom is -0.508 e. The maximum atomic E-state index is 12.7. The summed E-state index contributed by atoms with van der Waals surface area (Å²) in [5, 5.41) is 11.8. The molecule has 0 radical (unpaired) electrons. The van der Waals surface area contributed by atoms with Crippen LogP contribution in [0.25, 0.3) is 10.6 Å². The molecule has 0 spiro atoms. The summed E-state index contributed by atoms with van der Waals surface area (Å²) in [6.07, 6.45) is -3.89. The molecule has 1 aromatic heterocycles. The Morgan fingerprint density at radius 3 is 2.87 bits per heavy atom. The molecule has 1 aromatic carbocycles. The van der Waals surface area contributed by atoms with E-state index in [0.29, 0.717) is 29.1 Å². The second-order valence-electron chi connectivity index (χ2n) is 5.28. The molecule has 1 atom stereocenters. The maximum absolute atomic E-state index is 12.7. The van der Waals surface area contributed by atoms with Gasteiger partial charge in [-0.05, 0) is 25.0 Å². The van der Waals surface area contributed by atoms with Gasteiger partial charge in [-0.1, -0.05) is 12.1 Å². The Morgan fingerprint density at radius 2 is 2.17 bits per heavy atom. The number of hydrogen-bond donors (Lipinski definition) is 1. The van der Waals surface area contributed by atoms with Gasteiger partial charge >= 0.3 is 12.1 Å². The van der Waals surface area contributed by atoms with Crippen LogP contribution >= 0.6 is 11.3 Å². The number of alkyl halides is 3. The number of carbonyl (C=O) groups is 1. The first-order chi connectivity index (χ1) is 10.9. The van der Waals surface area contributed by atoms with Gasteiger partial charge in [0.15, 0.2) is 0 Å². The van der Waals surface area contributed by atoms with E-state index in [9.17, 15) is 23.1 Å². The van der Waals surface area contributed by atoms with Crippen LogP contribution in [0, 0.1) is 0 Å². The van der Waals surface area contributed by atoms with Crippen LogP contribution in [0.4, 0.5) is 13.2 Å². The summed E-state index contributed by atoms with van der Waals surface area (Å²) in [5.41, 5.74) is 1.15. The normalized spacial score (nSPS) is 18.4. The zero-order valence-corrected chi connectivity index (χ0v) is 12.7. The molecule has 4 nitrogen and oxygen atoms in total. The van der Waals surface area contributed by atoms with Crippen LogP contribution in [0.2, 0.25) is 0 Å². The molecule has 0 aliphatic carbocycles. The summed E-state index contributed by atoms with van der Waals surface area (Å²) in [5.74, 6) is -1.72. The van der Waals surface area contributed by atoms with Gasteiger partial charge in [-0.3, -0.25) is 4.79 Å². The fourth-order valence-corrected chi connectivity index (χ4v) is 3.55. The van der Waals surface area contributed by atoms with Crippen molar-refractivity contribution in [3.8, 4) is 16.3 Å². The first-order valence-electron chi connectivity index (χ1n) is 6.99. The van der Waals surface area contributed by atoms with Gasteiger partial charge in [-0.15, -0.1) is 11.3 Å². The summed E-state index contributed by atoms with van der Waals surface area (Å²) < 4.78 is 38.0. The van der Waals surface area contributed by atoms with E-state index in [4.69, 9.17) is 0 Å². The number of nitrogens with zero attached hydrogens (tertiary/aromatic N) is 2. The predicted molar refractivity (Wildman–Crippen MR) is 79.0 cm³/mol. The van der Waals surface area contributed by atoms with Crippen LogP contribution in [-0.2, 0) is 4.79 Å². The fraction of sp³-hybridized carbons (Fsp3) is 0.333. The van der Waals surface area contributed by atoms with Gasteiger partial charge in [0.2, 0.25) is 0 Å². The lowest BCUT2D eigenvalue weighted by molar-refractivity contribution is -0.186. The third-order valence-electron chi connectivity index (χ3n) is 3.71. The van der Waals surface area contributed by atoms with E-state index < -0.39 is 18.1 Å². The number of halogens is 3. The largest absolute Gasteiger partial charge is 0.508 e. The van der Waals surface area contributed by atoms with E-state index in [2.05, 4.69) is 4.98 Å². The number of aromatic nitrogens is 1. The van der Waals surface area contributed by atoms with Gasteiger partial charge in [-0.2, -0.15) is 13.2 Å². The van der Waals surface area contributed by atoms with Gasteiger partial charge in [-0.25, -0.2) is 4.98 Å². The number of phenols is 1. The molecule has 8 heteroatoms. The van der Waals surface area contributed by atoms with Crippen molar-refractivity contribution in [2.45, 2.75) is 25.1 Å². The topological polar surface area (TPSA) is 53.4 Å². The van der Waals surface area contributed by atoms with E-state index in [1.165, 1.54) is 23.5 Å². The molecule has 1 aliphatic rings. The monoisotopic (exact) mass is 342 g/mol. The van der Waals surface area contributed by atoms with Gasteiger partial charge in [0, 0.05) is 17.5 Å².